The number of carbonyl (C=O) groups excluding carboxylic acids is 1. The van der Waals surface area contributed by atoms with Crippen LogP contribution in [0.3, 0.4) is 0 Å². The van der Waals surface area contributed by atoms with Gasteiger partial charge >= 0.3 is 0 Å². The summed E-state index contributed by atoms with van der Waals surface area (Å²) in [6.45, 7) is 7.71. The summed E-state index contributed by atoms with van der Waals surface area (Å²) in [6.07, 6.45) is 1.17. The van der Waals surface area contributed by atoms with E-state index in [0.29, 0.717) is 0 Å². The van der Waals surface area contributed by atoms with Crippen molar-refractivity contribution >= 4 is 15.7 Å². The molecular weight excluding hydrogens is 350 g/mol. The van der Waals surface area contributed by atoms with Crippen LogP contribution in [0.2, 0.25) is 0 Å². The fourth-order valence-corrected chi connectivity index (χ4v) is 3.53. The first-order valence-corrected chi connectivity index (χ1v) is 10.3. The monoisotopic (exact) mass is 375 g/mol. The van der Waals surface area contributed by atoms with Crippen LogP contribution in [-0.4, -0.2) is 27.2 Å². The number of sulfone groups is 1. The molecule has 0 aromatic heterocycles. The summed E-state index contributed by atoms with van der Waals surface area (Å²) in [5.74, 6) is 0.500. The number of carbonyl (C=O) groups is 1. The molecule has 0 spiro atoms. The van der Waals surface area contributed by atoms with Gasteiger partial charge in [0.05, 0.1) is 10.9 Å². The molecule has 1 amide bonds. The summed E-state index contributed by atoms with van der Waals surface area (Å²) >= 11 is 0. The summed E-state index contributed by atoms with van der Waals surface area (Å²) in [5.41, 5.74) is 3.98. The highest BCUT2D eigenvalue weighted by Crippen LogP contribution is 2.24. The number of benzene rings is 2. The van der Waals surface area contributed by atoms with E-state index < -0.39 is 9.84 Å². The Morgan fingerprint density at radius 1 is 1.08 bits per heavy atom. The van der Waals surface area contributed by atoms with Crippen molar-refractivity contribution in [3.63, 3.8) is 0 Å². The Labute approximate surface area is 155 Å². The molecule has 2 aromatic rings. The van der Waals surface area contributed by atoms with Crippen LogP contribution >= 0.6 is 0 Å². The van der Waals surface area contributed by atoms with E-state index >= 15 is 0 Å². The summed E-state index contributed by atoms with van der Waals surface area (Å²) in [4.78, 5) is 12.4. The Morgan fingerprint density at radius 3 is 2.12 bits per heavy atom. The first-order valence-electron chi connectivity index (χ1n) is 8.38. The van der Waals surface area contributed by atoms with E-state index in [9.17, 15) is 13.2 Å². The van der Waals surface area contributed by atoms with Crippen LogP contribution in [0.4, 0.5) is 0 Å². The van der Waals surface area contributed by atoms with Crippen molar-refractivity contribution in [3.8, 4) is 5.75 Å². The van der Waals surface area contributed by atoms with Gasteiger partial charge in [-0.25, -0.2) is 8.42 Å². The van der Waals surface area contributed by atoms with E-state index in [2.05, 4.69) is 5.32 Å². The maximum atomic E-state index is 12.2. The van der Waals surface area contributed by atoms with Crippen LogP contribution in [0.15, 0.2) is 41.3 Å². The van der Waals surface area contributed by atoms with Gasteiger partial charge in [-0.1, -0.05) is 29.8 Å². The maximum Gasteiger partial charge on any atom is 0.258 e. The zero-order chi connectivity index (χ0) is 19.5. The summed E-state index contributed by atoms with van der Waals surface area (Å²) in [7, 11) is -3.23. The highest BCUT2D eigenvalue weighted by molar-refractivity contribution is 7.90. The number of nitrogens with one attached hydrogen (secondary N) is 1. The molecule has 26 heavy (non-hydrogen) atoms. The average Bonchev–Trinajstić information content (AvgIpc) is 2.53. The van der Waals surface area contributed by atoms with Gasteiger partial charge in [0.15, 0.2) is 16.4 Å². The van der Waals surface area contributed by atoms with E-state index in [1.807, 2.05) is 39.8 Å². The van der Waals surface area contributed by atoms with Gasteiger partial charge < -0.3 is 10.1 Å². The fourth-order valence-electron chi connectivity index (χ4n) is 2.90. The average molecular weight is 375 g/mol. The van der Waals surface area contributed by atoms with Crippen molar-refractivity contribution in [2.24, 2.45) is 0 Å². The van der Waals surface area contributed by atoms with Gasteiger partial charge in [-0.3, -0.25) is 4.79 Å². The Balaban J connectivity index is 1.97. The molecule has 0 bridgehead atoms. The van der Waals surface area contributed by atoms with Crippen molar-refractivity contribution in [1.29, 1.82) is 0 Å². The number of hydrogen-bond donors (Lipinski definition) is 1. The quantitative estimate of drug-likeness (QED) is 0.841. The summed E-state index contributed by atoms with van der Waals surface area (Å²) in [6, 6.07) is 10.3. The van der Waals surface area contributed by atoms with Crippen LogP contribution < -0.4 is 10.1 Å². The van der Waals surface area contributed by atoms with Crippen molar-refractivity contribution < 1.29 is 17.9 Å². The lowest BCUT2D eigenvalue weighted by molar-refractivity contribution is -0.123. The van der Waals surface area contributed by atoms with Gasteiger partial charge in [-0.2, -0.15) is 0 Å². The molecule has 0 aliphatic carbocycles. The second-order valence-corrected chi connectivity index (χ2v) is 8.66. The molecule has 5 nitrogen and oxygen atoms in total. The zero-order valence-electron chi connectivity index (χ0n) is 15.8. The molecule has 2 rings (SSSR count). The van der Waals surface area contributed by atoms with Crippen LogP contribution in [0, 0.1) is 20.8 Å². The first-order chi connectivity index (χ1) is 12.1. The van der Waals surface area contributed by atoms with E-state index in [4.69, 9.17) is 4.74 Å². The topological polar surface area (TPSA) is 72.5 Å². The third-order valence-corrected chi connectivity index (χ3v) is 5.27. The normalized spacial score (nSPS) is 12.5. The smallest absolute Gasteiger partial charge is 0.258 e. The highest BCUT2D eigenvalue weighted by Gasteiger charge is 2.13. The number of rotatable bonds is 6. The summed E-state index contributed by atoms with van der Waals surface area (Å²) in [5, 5.41) is 2.86. The van der Waals surface area contributed by atoms with E-state index in [-0.39, 0.29) is 23.5 Å². The lowest BCUT2D eigenvalue weighted by Gasteiger charge is -2.16. The fraction of sp³-hybridized carbons (Fsp3) is 0.350. The molecule has 0 saturated carbocycles. The van der Waals surface area contributed by atoms with E-state index in [0.717, 1.165) is 28.0 Å². The molecule has 0 heterocycles. The first kappa shape index (κ1) is 20.0. The standard InChI is InChI=1S/C20H25NO4S/c1-13-10-14(2)20(15(3)11-13)25-12-19(22)21-16(4)17-6-8-18(9-7-17)26(5,23)24/h6-11,16H,12H2,1-5H3,(H,21,22). The molecule has 0 aliphatic heterocycles. The molecule has 1 atom stereocenters. The second-order valence-electron chi connectivity index (χ2n) is 6.65. The molecule has 6 heteroatoms. The Morgan fingerprint density at radius 2 is 1.62 bits per heavy atom. The molecule has 2 aromatic carbocycles. The number of aryl methyl sites for hydroxylation is 3. The molecule has 0 saturated heterocycles. The van der Waals surface area contributed by atoms with Crippen LogP contribution in [-0.2, 0) is 14.6 Å². The third kappa shape index (κ3) is 5.08. The lowest BCUT2D eigenvalue weighted by atomic mass is 10.1. The SMILES string of the molecule is Cc1cc(C)c(OCC(=O)NC(C)c2ccc(S(C)(=O)=O)cc2)c(C)c1. The van der Waals surface area contributed by atoms with Crippen molar-refractivity contribution in [3.05, 3.63) is 58.7 Å². The minimum absolute atomic E-state index is 0.0729. The molecule has 1 N–H and O–H groups in total. The number of amides is 1. The molecular formula is C20H25NO4S. The maximum absolute atomic E-state index is 12.2. The van der Waals surface area contributed by atoms with Gasteiger partial charge in [0.25, 0.3) is 5.91 Å². The van der Waals surface area contributed by atoms with Gasteiger partial charge in [0.2, 0.25) is 0 Å². The van der Waals surface area contributed by atoms with Crippen molar-refractivity contribution in [1.82, 2.24) is 5.32 Å². The van der Waals surface area contributed by atoms with Crippen LogP contribution in [0.5, 0.6) is 5.75 Å². The Bertz CT molecular complexity index is 879. The van der Waals surface area contributed by atoms with Gasteiger partial charge in [0.1, 0.15) is 5.75 Å². The summed E-state index contributed by atoms with van der Waals surface area (Å²) < 4.78 is 28.7. The minimum atomic E-state index is -3.23. The molecule has 140 valence electrons. The van der Waals surface area contributed by atoms with Gasteiger partial charge in [-0.05, 0) is 56.5 Å². The number of ether oxygens (including phenoxy) is 1. The second kappa shape index (κ2) is 7.91. The highest BCUT2D eigenvalue weighted by atomic mass is 32.2. The number of hydrogen-bond acceptors (Lipinski definition) is 4. The molecule has 0 radical (unpaired) electrons. The predicted molar refractivity (Wildman–Crippen MR) is 102 cm³/mol. The van der Waals surface area contributed by atoms with Crippen LogP contribution in [0.1, 0.15) is 35.2 Å². The predicted octanol–water partition coefficient (Wildman–Crippen LogP) is 3.27. The molecule has 0 fully saturated rings. The lowest BCUT2D eigenvalue weighted by Crippen LogP contribution is -2.31. The van der Waals surface area contributed by atoms with Gasteiger partial charge in [-0.15, -0.1) is 0 Å². The van der Waals surface area contributed by atoms with E-state index in [1.54, 1.807) is 24.3 Å². The minimum Gasteiger partial charge on any atom is -0.483 e. The Hall–Kier alpha value is -2.34. The zero-order valence-corrected chi connectivity index (χ0v) is 16.6. The largest absolute Gasteiger partial charge is 0.483 e. The third-order valence-electron chi connectivity index (χ3n) is 4.14. The molecule has 1 unspecified atom stereocenters. The van der Waals surface area contributed by atoms with Crippen LogP contribution in [0.25, 0.3) is 0 Å². The Kier molecular flexibility index (Phi) is 6.08. The van der Waals surface area contributed by atoms with Crippen molar-refractivity contribution in [2.45, 2.75) is 38.6 Å². The van der Waals surface area contributed by atoms with E-state index in [1.165, 1.54) is 6.26 Å². The molecule has 0 aliphatic rings. The van der Waals surface area contributed by atoms with Gasteiger partial charge in [0, 0.05) is 6.26 Å². The van der Waals surface area contributed by atoms with Crippen molar-refractivity contribution in [2.75, 3.05) is 12.9 Å².